The van der Waals surface area contributed by atoms with E-state index in [-0.39, 0.29) is 13.0 Å². The maximum Gasteiger partial charge on any atom is 0.326 e. The molecule has 0 aromatic heterocycles. The predicted octanol–water partition coefficient (Wildman–Crippen LogP) is -0.629. The molecule has 8 heteroatoms. The second kappa shape index (κ2) is 11.2. The summed E-state index contributed by atoms with van der Waals surface area (Å²) in [4.78, 5) is 35.4. The minimum atomic E-state index is -1.14. The van der Waals surface area contributed by atoms with Crippen molar-refractivity contribution >= 4 is 17.8 Å². The Bertz CT molecular complexity index is 565. The Balaban J connectivity index is 2.74. The van der Waals surface area contributed by atoms with E-state index in [2.05, 4.69) is 10.6 Å². The number of nitrogens with one attached hydrogen (secondary N) is 2. The van der Waals surface area contributed by atoms with Gasteiger partial charge in [-0.2, -0.15) is 0 Å². The van der Waals surface area contributed by atoms with E-state index in [0.29, 0.717) is 25.8 Å². The van der Waals surface area contributed by atoms with Gasteiger partial charge in [0.05, 0.1) is 6.54 Å². The molecule has 0 saturated carbocycles. The first-order chi connectivity index (χ1) is 12.0. The summed E-state index contributed by atoms with van der Waals surface area (Å²) in [6.45, 7) is 0.234. The maximum absolute atomic E-state index is 12.4. The molecule has 0 unspecified atom stereocenters. The predicted molar refractivity (Wildman–Crippen MR) is 93.6 cm³/mol. The number of unbranched alkanes of at least 4 members (excludes halogenated alkanes) is 1. The molecule has 0 radical (unpaired) electrons. The first kappa shape index (κ1) is 20.6. The number of carboxylic acid groups (broad SMARTS) is 1. The fourth-order valence-electron chi connectivity index (χ4n) is 2.34. The van der Waals surface area contributed by atoms with Crippen molar-refractivity contribution in [2.75, 3.05) is 13.1 Å². The van der Waals surface area contributed by atoms with Gasteiger partial charge in [-0.15, -0.1) is 0 Å². The van der Waals surface area contributed by atoms with E-state index in [1.165, 1.54) is 0 Å². The highest BCUT2D eigenvalue weighted by atomic mass is 16.4. The molecule has 138 valence electrons. The molecule has 7 N–H and O–H groups in total. The summed E-state index contributed by atoms with van der Waals surface area (Å²) in [5.74, 6) is -2.15. The lowest BCUT2D eigenvalue weighted by Crippen LogP contribution is -2.53. The van der Waals surface area contributed by atoms with E-state index in [0.717, 1.165) is 5.56 Å². The van der Waals surface area contributed by atoms with Crippen molar-refractivity contribution < 1.29 is 19.5 Å². The highest BCUT2D eigenvalue weighted by Gasteiger charge is 2.26. The Kier molecular flexibility index (Phi) is 9.20. The van der Waals surface area contributed by atoms with Crippen LogP contribution in [0.5, 0.6) is 0 Å². The number of carbonyl (C=O) groups is 3. The van der Waals surface area contributed by atoms with Crippen LogP contribution in [0.3, 0.4) is 0 Å². The van der Waals surface area contributed by atoms with Crippen LogP contribution in [-0.2, 0) is 20.8 Å². The highest BCUT2D eigenvalue weighted by molar-refractivity contribution is 5.90. The molecule has 0 aliphatic carbocycles. The van der Waals surface area contributed by atoms with Crippen LogP contribution in [0.15, 0.2) is 30.3 Å². The standard InChI is InChI=1S/C17H26N4O4/c18-9-5-4-8-13(20-15(22)11-19)16(23)21-14(17(24)25)10-12-6-2-1-3-7-12/h1-3,6-7,13-14H,4-5,8-11,18-19H2,(H,20,22)(H,21,23)(H,24,25)/t13-,14-/m0/s1. The monoisotopic (exact) mass is 350 g/mol. The van der Waals surface area contributed by atoms with Gasteiger partial charge in [-0.3, -0.25) is 9.59 Å². The van der Waals surface area contributed by atoms with Crippen LogP contribution in [0.25, 0.3) is 0 Å². The Labute approximate surface area is 147 Å². The summed E-state index contributed by atoms with van der Waals surface area (Å²) >= 11 is 0. The van der Waals surface area contributed by atoms with Crippen LogP contribution < -0.4 is 22.1 Å². The summed E-state index contributed by atoms with van der Waals surface area (Å²) in [6, 6.07) is 7.09. The van der Waals surface area contributed by atoms with Gasteiger partial charge >= 0.3 is 5.97 Å². The van der Waals surface area contributed by atoms with Gasteiger partial charge < -0.3 is 27.2 Å². The van der Waals surface area contributed by atoms with Gasteiger partial charge in [0, 0.05) is 6.42 Å². The van der Waals surface area contributed by atoms with Crippen molar-refractivity contribution in [2.24, 2.45) is 11.5 Å². The molecule has 0 bridgehead atoms. The van der Waals surface area contributed by atoms with Crippen LogP contribution >= 0.6 is 0 Å². The van der Waals surface area contributed by atoms with Gasteiger partial charge in [-0.05, 0) is 31.4 Å². The van der Waals surface area contributed by atoms with Crippen LogP contribution in [0.1, 0.15) is 24.8 Å². The number of amides is 2. The molecule has 25 heavy (non-hydrogen) atoms. The van der Waals surface area contributed by atoms with Crippen LogP contribution in [0.2, 0.25) is 0 Å². The maximum atomic E-state index is 12.4. The Morgan fingerprint density at radius 2 is 1.68 bits per heavy atom. The number of carboxylic acids is 1. The van der Waals surface area contributed by atoms with Crippen LogP contribution in [0.4, 0.5) is 0 Å². The second-order valence-corrected chi connectivity index (χ2v) is 5.70. The topological polar surface area (TPSA) is 148 Å². The van der Waals surface area contributed by atoms with Gasteiger partial charge in [-0.25, -0.2) is 4.79 Å². The molecular formula is C17H26N4O4. The normalized spacial score (nSPS) is 12.9. The summed E-state index contributed by atoms with van der Waals surface area (Å²) in [5, 5.41) is 14.4. The Morgan fingerprint density at radius 1 is 1.00 bits per heavy atom. The largest absolute Gasteiger partial charge is 0.480 e. The molecule has 0 saturated heterocycles. The van der Waals surface area contributed by atoms with Crippen molar-refractivity contribution in [3.63, 3.8) is 0 Å². The van der Waals surface area contributed by atoms with E-state index in [4.69, 9.17) is 11.5 Å². The minimum absolute atomic E-state index is 0.155. The fraction of sp³-hybridized carbons (Fsp3) is 0.471. The molecule has 0 aliphatic rings. The minimum Gasteiger partial charge on any atom is -0.480 e. The number of rotatable bonds is 11. The summed E-state index contributed by atoms with van der Waals surface area (Å²) < 4.78 is 0. The molecule has 1 aromatic rings. The highest BCUT2D eigenvalue weighted by Crippen LogP contribution is 2.06. The van der Waals surface area contributed by atoms with Gasteiger partial charge in [0.2, 0.25) is 11.8 Å². The number of hydrogen-bond acceptors (Lipinski definition) is 5. The van der Waals surface area contributed by atoms with E-state index in [9.17, 15) is 19.5 Å². The Hall–Kier alpha value is -2.45. The van der Waals surface area contributed by atoms with Gasteiger partial charge in [-0.1, -0.05) is 30.3 Å². The zero-order valence-electron chi connectivity index (χ0n) is 14.1. The van der Waals surface area contributed by atoms with E-state index < -0.39 is 29.9 Å². The van der Waals surface area contributed by atoms with Gasteiger partial charge in [0.25, 0.3) is 0 Å². The van der Waals surface area contributed by atoms with Gasteiger partial charge in [0.1, 0.15) is 12.1 Å². The smallest absolute Gasteiger partial charge is 0.326 e. The average molecular weight is 350 g/mol. The SMILES string of the molecule is NCCCC[C@H](NC(=O)CN)C(=O)N[C@@H](Cc1ccccc1)C(=O)O. The molecule has 2 amide bonds. The van der Waals surface area contributed by atoms with E-state index in [1.54, 1.807) is 24.3 Å². The van der Waals surface area contributed by atoms with Crippen molar-refractivity contribution in [1.82, 2.24) is 10.6 Å². The number of aliphatic carboxylic acids is 1. The van der Waals surface area contributed by atoms with Crippen LogP contribution in [-0.4, -0.2) is 48.1 Å². The van der Waals surface area contributed by atoms with E-state index in [1.807, 2.05) is 6.07 Å². The molecule has 2 atom stereocenters. The van der Waals surface area contributed by atoms with Crippen LogP contribution in [0, 0.1) is 0 Å². The lowest BCUT2D eigenvalue weighted by Gasteiger charge is -2.21. The van der Waals surface area contributed by atoms with Gasteiger partial charge in [0.15, 0.2) is 0 Å². The molecule has 1 aromatic carbocycles. The zero-order valence-corrected chi connectivity index (χ0v) is 14.1. The third kappa shape index (κ3) is 7.77. The average Bonchev–Trinajstić information content (AvgIpc) is 2.60. The van der Waals surface area contributed by atoms with Crippen molar-refractivity contribution in [3.8, 4) is 0 Å². The van der Waals surface area contributed by atoms with Crippen molar-refractivity contribution in [3.05, 3.63) is 35.9 Å². The zero-order chi connectivity index (χ0) is 18.7. The lowest BCUT2D eigenvalue weighted by atomic mass is 10.0. The molecule has 0 spiro atoms. The third-order valence-electron chi connectivity index (χ3n) is 3.68. The number of benzene rings is 1. The molecule has 8 nitrogen and oxygen atoms in total. The molecule has 1 rings (SSSR count). The Morgan fingerprint density at radius 3 is 2.24 bits per heavy atom. The fourth-order valence-corrected chi connectivity index (χ4v) is 2.34. The summed E-state index contributed by atoms with van der Waals surface area (Å²) in [6.07, 6.45) is 1.86. The third-order valence-corrected chi connectivity index (χ3v) is 3.68. The summed E-state index contributed by atoms with van der Waals surface area (Å²) in [7, 11) is 0. The molecule has 0 fully saturated rings. The number of hydrogen-bond donors (Lipinski definition) is 5. The molecular weight excluding hydrogens is 324 g/mol. The number of nitrogens with two attached hydrogens (primary N) is 2. The quantitative estimate of drug-likeness (QED) is 0.336. The molecule has 0 heterocycles. The first-order valence-corrected chi connectivity index (χ1v) is 8.24. The van der Waals surface area contributed by atoms with Crippen molar-refractivity contribution in [2.45, 2.75) is 37.8 Å². The molecule has 0 aliphatic heterocycles. The summed E-state index contributed by atoms with van der Waals surface area (Å²) in [5.41, 5.74) is 11.5. The second-order valence-electron chi connectivity index (χ2n) is 5.70. The number of carbonyl (C=O) groups excluding carboxylic acids is 2. The van der Waals surface area contributed by atoms with E-state index >= 15 is 0 Å². The first-order valence-electron chi connectivity index (χ1n) is 8.24. The lowest BCUT2D eigenvalue weighted by molar-refractivity contribution is -0.142. The van der Waals surface area contributed by atoms with Crippen molar-refractivity contribution in [1.29, 1.82) is 0 Å².